The highest BCUT2D eigenvalue weighted by atomic mass is 16.5. The number of hydrogen-bond acceptors (Lipinski definition) is 3. The SMILES string of the molecule is COC(=O)C12CC3CC(c4ccccc4)(CC(C1)C3(C)CC=O)C2. The molecule has 2 unspecified atom stereocenters. The number of esters is 1. The van der Waals surface area contributed by atoms with E-state index in [0.29, 0.717) is 18.3 Å². The Balaban J connectivity index is 1.81. The van der Waals surface area contributed by atoms with Crippen LogP contribution in [0.3, 0.4) is 0 Å². The Morgan fingerprint density at radius 1 is 1.17 bits per heavy atom. The van der Waals surface area contributed by atoms with Crippen LogP contribution in [0.25, 0.3) is 0 Å². The minimum absolute atomic E-state index is 0.0367. The molecule has 1 aromatic rings. The molecule has 3 nitrogen and oxygen atoms in total. The van der Waals surface area contributed by atoms with Gasteiger partial charge in [0.15, 0.2) is 0 Å². The van der Waals surface area contributed by atoms with Crippen molar-refractivity contribution in [2.45, 2.75) is 50.9 Å². The van der Waals surface area contributed by atoms with E-state index in [1.165, 1.54) is 12.7 Å². The van der Waals surface area contributed by atoms with Crippen LogP contribution >= 0.6 is 0 Å². The summed E-state index contributed by atoms with van der Waals surface area (Å²) in [7, 11) is 1.51. The Bertz CT molecular complexity index is 647. The number of rotatable bonds is 4. The lowest BCUT2D eigenvalue weighted by atomic mass is 9.36. The maximum atomic E-state index is 12.7. The van der Waals surface area contributed by atoms with Gasteiger partial charge in [0.05, 0.1) is 12.5 Å². The first-order valence-electron chi connectivity index (χ1n) is 9.06. The fraction of sp³-hybridized carbons (Fsp3) is 0.619. The summed E-state index contributed by atoms with van der Waals surface area (Å²) in [6, 6.07) is 10.7. The molecule has 4 fully saturated rings. The topological polar surface area (TPSA) is 43.4 Å². The van der Waals surface area contributed by atoms with Crippen LogP contribution in [0.1, 0.15) is 51.0 Å². The molecule has 0 saturated heterocycles. The van der Waals surface area contributed by atoms with Gasteiger partial charge in [-0.2, -0.15) is 0 Å². The highest BCUT2D eigenvalue weighted by molar-refractivity contribution is 5.78. The molecule has 3 heteroatoms. The number of hydrogen-bond donors (Lipinski definition) is 0. The lowest BCUT2D eigenvalue weighted by molar-refractivity contribution is -0.192. The number of carbonyl (C=O) groups excluding carboxylic acids is 2. The van der Waals surface area contributed by atoms with Crippen molar-refractivity contribution in [1.82, 2.24) is 0 Å². The Hall–Kier alpha value is -1.64. The van der Waals surface area contributed by atoms with Gasteiger partial charge in [0.25, 0.3) is 0 Å². The molecule has 4 aliphatic rings. The molecule has 2 atom stereocenters. The summed E-state index contributed by atoms with van der Waals surface area (Å²) < 4.78 is 5.24. The standard InChI is InChI=1S/C21H26O3/c1-19(8-9-22)16-10-20(15-6-4-3-5-7-15)11-17(19)13-21(12-16,14-20)18(23)24-2/h3-7,9,16-17H,8,10-14H2,1-2H3. The van der Waals surface area contributed by atoms with Crippen LogP contribution in [-0.2, 0) is 19.7 Å². The summed E-state index contributed by atoms with van der Waals surface area (Å²) >= 11 is 0. The van der Waals surface area contributed by atoms with Gasteiger partial charge in [0.1, 0.15) is 6.29 Å². The Morgan fingerprint density at radius 2 is 1.79 bits per heavy atom. The second-order valence-corrected chi connectivity index (χ2v) is 8.68. The van der Waals surface area contributed by atoms with Crippen molar-refractivity contribution in [3.8, 4) is 0 Å². The van der Waals surface area contributed by atoms with E-state index in [4.69, 9.17) is 4.74 Å². The first-order valence-corrected chi connectivity index (χ1v) is 9.06. The van der Waals surface area contributed by atoms with E-state index in [-0.39, 0.29) is 22.2 Å². The van der Waals surface area contributed by atoms with Gasteiger partial charge in [-0.15, -0.1) is 0 Å². The number of aldehydes is 1. The van der Waals surface area contributed by atoms with Gasteiger partial charge in [-0.1, -0.05) is 37.3 Å². The Kier molecular flexibility index (Phi) is 3.42. The van der Waals surface area contributed by atoms with Crippen molar-refractivity contribution < 1.29 is 14.3 Å². The molecule has 0 heterocycles. The summed E-state index contributed by atoms with van der Waals surface area (Å²) in [6.07, 6.45) is 6.56. The molecule has 1 aromatic carbocycles. The van der Waals surface area contributed by atoms with Crippen LogP contribution in [0, 0.1) is 22.7 Å². The summed E-state index contributed by atoms with van der Waals surface area (Å²) in [4.78, 5) is 24.0. The zero-order valence-electron chi connectivity index (χ0n) is 14.6. The van der Waals surface area contributed by atoms with E-state index in [2.05, 4.69) is 37.3 Å². The third kappa shape index (κ3) is 1.96. The number of ether oxygens (including phenoxy) is 1. The van der Waals surface area contributed by atoms with Crippen molar-refractivity contribution in [2.75, 3.05) is 7.11 Å². The third-order valence-electron chi connectivity index (χ3n) is 7.62. The molecule has 0 radical (unpaired) electrons. The number of carbonyl (C=O) groups is 2. The van der Waals surface area contributed by atoms with Crippen LogP contribution in [0.4, 0.5) is 0 Å². The molecule has 0 spiro atoms. The first kappa shape index (κ1) is 15.9. The van der Waals surface area contributed by atoms with E-state index in [1.54, 1.807) is 0 Å². The number of benzene rings is 1. The summed E-state index contributed by atoms with van der Waals surface area (Å²) in [5.41, 5.74) is 1.13. The first-order chi connectivity index (χ1) is 11.5. The lowest BCUT2D eigenvalue weighted by Crippen LogP contribution is -2.63. The second kappa shape index (κ2) is 5.18. The molecule has 4 aliphatic carbocycles. The van der Waals surface area contributed by atoms with Gasteiger partial charge in [-0.25, -0.2) is 0 Å². The smallest absolute Gasteiger partial charge is 0.311 e. The second-order valence-electron chi connectivity index (χ2n) is 8.68. The number of methoxy groups -OCH3 is 1. The van der Waals surface area contributed by atoms with Crippen molar-refractivity contribution in [1.29, 1.82) is 0 Å². The minimum Gasteiger partial charge on any atom is -0.469 e. The minimum atomic E-state index is -0.348. The monoisotopic (exact) mass is 326 g/mol. The Morgan fingerprint density at radius 3 is 2.33 bits per heavy atom. The van der Waals surface area contributed by atoms with Gasteiger partial charge in [0.2, 0.25) is 0 Å². The van der Waals surface area contributed by atoms with Crippen LogP contribution in [0.15, 0.2) is 30.3 Å². The largest absolute Gasteiger partial charge is 0.469 e. The molecule has 0 aromatic heterocycles. The van der Waals surface area contributed by atoms with Gasteiger partial charge < -0.3 is 9.53 Å². The average Bonchev–Trinajstić information content (AvgIpc) is 2.59. The van der Waals surface area contributed by atoms with Gasteiger partial charge in [-0.3, -0.25) is 4.79 Å². The molecule has 0 N–H and O–H groups in total. The highest BCUT2D eigenvalue weighted by Crippen LogP contribution is 2.71. The van der Waals surface area contributed by atoms with Crippen molar-refractivity contribution >= 4 is 12.3 Å². The van der Waals surface area contributed by atoms with Gasteiger partial charge >= 0.3 is 5.97 Å². The molecular weight excluding hydrogens is 300 g/mol. The summed E-state index contributed by atoms with van der Waals surface area (Å²) in [5.74, 6) is 0.803. The van der Waals surface area contributed by atoms with Crippen molar-refractivity contribution in [3.63, 3.8) is 0 Å². The quantitative estimate of drug-likeness (QED) is 0.622. The van der Waals surface area contributed by atoms with Gasteiger partial charge in [0, 0.05) is 6.42 Å². The lowest BCUT2D eigenvalue weighted by Gasteiger charge is -2.67. The van der Waals surface area contributed by atoms with Crippen LogP contribution < -0.4 is 0 Å². The molecule has 5 rings (SSSR count). The van der Waals surface area contributed by atoms with Crippen molar-refractivity contribution in [3.05, 3.63) is 35.9 Å². The van der Waals surface area contributed by atoms with Crippen LogP contribution in [-0.4, -0.2) is 19.4 Å². The molecule has 0 amide bonds. The predicted octanol–water partition coefficient (Wildman–Crippen LogP) is 3.90. The zero-order valence-corrected chi connectivity index (χ0v) is 14.6. The van der Waals surface area contributed by atoms with E-state index >= 15 is 0 Å². The van der Waals surface area contributed by atoms with E-state index < -0.39 is 0 Å². The molecule has 24 heavy (non-hydrogen) atoms. The molecule has 128 valence electrons. The fourth-order valence-electron chi connectivity index (χ4n) is 6.50. The third-order valence-corrected chi connectivity index (χ3v) is 7.62. The Labute approximate surface area is 143 Å². The molecular formula is C21H26O3. The maximum Gasteiger partial charge on any atom is 0.311 e. The van der Waals surface area contributed by atoms with E-state index in [9.17, 15) is 9.59 Å². The molecule has 0 aliphatic heterocycles. The normalized spacial score (nSPS) is 42.8. The zero-order chi connectivity index (χ0) is 17.0. The summed E-state index contributed by atoms with van der Waals surface area (Å²) in [5, 5.41) is 0. The van der Waals surface area contributed by atoms with Crippen LogP contribution in [0.2, 0.25) is 0 Å². The molecule has 4 bridgehead atoms. The average molecular weight is 326 g/mol. The van der Waals surface area contributed by atoms with Crippen LogP contribution in [0.5, 0.6) is 0 Å². The fourth-order valence-corrected chi connectivity index (χ4v) is 6.50. The predicted molar refractivity (Wildman–Crippen MR) is 91.4 cm³/mol. The van der Waals surface area contributed by atoms with E-state index in [1.807, 2.05) is 0 Å². The molecule has 4 saturated carbocycles. The van der Waals surface area contributed by atoms with E-state index in [0.717, 1.165) is 38.4 Å². The summed E-state index contributed by atoms with van der Waals surface area (Å²) in [6.45, 7) is 2.28. The maximum absolute atomic E-state index is 12.7. The highest BCUT2D eigenvalue weighted by Gasteiger charge is 2.67. The van der Waals surface area contributed by atoms with Crippen molar-refractivity contribution in [2.24, 2.45) is 22.7 Å². The van der Waals surface area contributed by atoms with Gasteiger partial charge in [-0.05, 0) is 60.3 Å².